The molecule has 2 aromatic rings. The standard InChI is InChI=1S/C20H19ClF5N3O2/c21-17-14(4-3-7-27-17)18(30)28-13-5-6-15(19(22,23)20(24,25)26)16(12-13)31-11-10-29-8-1-2-9-29/h3-7,12H,1-2,8-11H2,(H,28,30). The number of nitrogens with zero attached hydrogens (tertiary/aromatic N) is 2. The van der Waals surface area contributed by atoms with Crippen LogP contribution in [0.2, 0.25) is 5.15 Å². The largest absolute Gasteiger partial charge is 0.492 e. The second-order valence-corrected chi connectivity index (χ2v) is 7.33. The molecule has 1 aromatic heterocycles. The quantitative estimate of drug-likeness (QED) is 0.457. The predicted octanol–water partition coefficient (Wildman–Crippen LogP) is 5.12. The Balaban J connectivity index is 1.84. The van der Waals surface area contributed by atoms with Gasteiger partial charge in [0.2, 0.25) is 0 Å². The van der Waals surface area contributed by atoms with Crippen LogP contribution in [0.25, 0.3) is 0 Å². The maximum Gasteiger partial charge on any atom is 0.458 e. The molecule has 0 atom stereocenters. The summed E-state index contributed by atoms with van der Waals surface area (Å²) in [6, 6.07) is 5.36. The number of halogens is 6. The lowest BCUT2D eigenvalue weighted by Crippen LogP contribution is -2.34. The van der Waals surface area contributed by atoms with Crippen molar-refractivity contribution in [1.82, 2.24) is 9.88 Å². The molecule has 31 heavy (non-hydrogen) atoms. The van der Waals surface area contributed by atoms with Gasteiger partial charge in [-0.05, 0) is 50.2 Å². The maximum absolute atomic E-state index is 14.0. The van der Waals surface area contributed by atoms with Crippen molar-refractivity contribution in [3.63, 3.8) is 0 Å². The van der Waals surface area contributed by atoms with Crippen molar-refractivity contribution in [3.05, 3.63) is 52.8 Å². The van der Waals surface area contributed by atoms with Gasteiger partial charge in [-0.15, -0.1) is 0 Å². The molecule has 1 N–H and O–H groups in total. The molecule has 0 unspecified atom stereocenters. The minimum absolute atomic E-state index is 0.0189. The van der Waals surface area contributed by atoms with Crippen molar-refractivity contribution in [2.24, 2.45) is 0 Å². The lowest BCUT2D eigenvalue weighted by molar-refractivity contribution is -0.289. The van der Waals surface area contributed by atoms with Crippen LogP contribution in [-0.4, -0.2) is 48.2 Å². The molecule has 1 aliphatic rings. The molecule has 1 aromatic carbocycles. The summed E-state index contributed by atoms with van der Waals surface area (Å²) < 4.78 is 72.2. The Morgan fingerprint density at radius 3 is 2.52 bits per heavy atom. The number of carbonyl (C=O) groups excluding carboxylic acids is 1. The van der Waals surface area contributed by atoms with Crippen molar-refractivity contribution < 1.29 is 31.5 Å². The first-order valence-electron chi connectivity index (χ1n) is 9.45. The third kappa shape index (κ3) is 5.43. The van der Waals surface area contributed by atoms with Crippen LogP contribution in [0.5, 0.6) is 5.75 Å². The van der Waals surface area contributed by atoms with E-state index in [2.05, 4.69) is 10.3 Å². The molecular weight excluding hydrogens is 445 g/mol. The zero-order valence-electron chi connectivity index (χ0n) is 16.2. The third-order valence-electron chi connectivity index (χ3n) is 4.80. The SMILES string of the molecule is O=C(Nc1ccc(C(F)(F)C(F)(F)F)c(OCCN2CCCC2)c1)c1cccnc1Cl. The smallest absolute Gasteiger partial charge is 0.458 e. The van der Waals surface area contributed by atoms with Crippen molar-refractivity contribution in [1.29, 1.82) is 0 Å². The minimum Gasteiger partial charge on any atom is -0.492 e. The number of carbonyl (C=O) groups is 1. The zero-order valence-corrected chi connectivity index (χ0v) is 16.9. The number of benzene rings is 1. The van der Waals surface area contributed by atoms with Gasteiger partial charge in [-0.3, -0.25) is 9.69 Å². The number of nitrogens with one attached hydrogen (secondary N) is 1. The average molecular weight is 464 g/mol. The number of amides is 1. The highest BCUT2D eigenvalue weighted by atomic mass is 35.5. The number of aromatic nitrogens is 1. The zero-order chi connectivity index (χ0) is 22.6. The van der Waals surface area contributed by atoms with Crippen LogP contribution in [0.1, 0.15) is 28.8 Å². The van der Waals surface area contributed by atoms with E-state index < -0.39 is 29.3 Å². The normalized spacial score (nSPS) is 15.2. The van der Waals surface area contributed by atoms with Crippen molar-refractivity contribution >= 4 is 23.2 Å². The van der Waals surface area contributed by atoms with Gasteiger partial charge in [0.1, 0.15) is 17.5 Å². The van der Waals surface area contributed by atoms with Crippen LogP contribution < -0.4 is 10.1 Å². The van der Waals surface area contributed by atoms with Crippen LogP contribution in [0.3, 0.4) is 0 Å². The molecule has 1 saturated heterocycles. The Kier molecular flexibility index (Phi) is 7.00. The number of rotatable bonds is 7. The van der Waals surface area contributed by atoms with Crippen molar-refractivity contribution in [2.75, 3.05) is 31.6 Å². The fourth-order valence-electron chi connectivity index (χ4n) is 3.18. The van der Waals surface area contributed by atoms with Crippen LogP contribution in [0.4, 0.5) is 27.6 Å². The highest BCUT2D eigenvalue weighted by molar-refractivity contribution is 6.33. The molecule has 1 fully saturated rings. The molecular formula is C20H19ClF5N3O2. The fraction of sp³-hybridized carbons (Fsp3) is 0.400. The first kappa shape index (κ1) is 23.2. The molecule has 1 aliphatic heterocycles. The topological polar surface area (TPSA) is 54.5 Å². The Hall–Kier alpha value is -2.46. The summed E-state index contributed by atoms with van der Waals surface area (Å²) in [5, 5.41) is 2.33. The summed E-state index contributed by atoms with van der Waals surface area (Å²) in [5.41, 5.74) is -1.33. The molecule has 0 aliphatic carbocycles. The molecule has 0 radical (unpaired) electrons. The molecule has 0 spiro atoms. The van der Waals surface area contributed by atoms with Crippen molar-refractivity contribution in [3.8, 4) is 5.75 Å². The van der Waals surface area contributed by atoms with E-state index in [4.69, 9.17) is 16.3 Å². The van der Waals surface area contributed by atoms with E-state index in [0.29, 0.717) is 12.6 Å². The fourth-order valence-corrected chi connectivity index (χ4v) is 3.38. The second kappa shape index (κ2) is 9.35. The van der Waals surface area contributed by atoms with Gasteiger partial charge in [0.25, 0.3) is 5.91 Å². The molecule has 3 rings (SSSR count). The number of ether oxygens (including phenoxy) is 1. The van der Waals surface area contributed by atoms with E-state index in [1.807, 2.05) is 4.90 Å². The van der Waals surface area contributed by atoms with E-state index in [-0.39, 0.29) is 23.0 Å². The van der Waals surface area contributed by atoms with Gasteiger partial charge < -0.3 is 10.1 Å². The second-order valence-electron chi connectivity index (χ2n) is 6.98. The van der Waals surface area contributed by atoms with E-state index in [9.17, 15) is 26.7 Å². The van der Waals surface area contributed by atoms with Crippen molar-refractivity contribution in [2.45, 2.75) is 24.9 Å². The summed E-state index contributed by atoms with van der Waals surface area (Å²) in [4.78, 5) is 18.2. The Morgan fingerprint density at radius 1 is 1.16 bits per heavy atom. The molecule has 0 bridgehead atoms. The van der Waals surface area contributed by atoms with Gasteiger partial charge in [0.15, 0.2) is 0 Å². The summed E-state index contributed by atoms with van der Waals surface area (Å²) in [6.45, 7) is 1.94. The Morgan fingerprint density at radius 2 is 1.87 bits per heavy atom. The van der Waals surface area contributed by atoms with Crippen LogP contribution >= 0.6 is 11.6 Å². The summed E-state index contributed by atoms with van der Waals surface area (Å²) >= 11 is 5.86. The number of alkyl halides is 5. The van der Waals surface area contributed by atoms with Crippen LogP contribution in [-0.2, 0) is 5.92 Å². The van der Waals surface area contributed by atoms with Gasteiger partial charge in [-0.1, -0.05) is 11.6 Å². The number of pyridine rings is 1. The summed E-state index contributed by atoms with van der Waals surface area (Å²) in [7, 11) is 0. The Bertz CT molecular complexity index is 933. The summed E-state index contributed by atoms with van der Waals surface area (Å²) in [5.74, 6) is -6.47. The van der Waals surface area contributed by atoms with E-state index in [1.165, 1.54) is 18.3 Å². The highest BCUT2D eigenvalue weighted by Gasteiger charge is 2.60. The number of likely N-dealkylation sites (tertiary alicyclic amines) is 1. The van der Waals surface area contributed by atoms with E-state index in [0.717, 1.165) is 38.1 Å². The molecule has 11 heteroatoms. The van der Waals surface area contributed by atoms with Crippen LogP contribution in [0, 0.1) is 0 Å². The number of hydrogen-bond donors (Lipinski definition) is 1. The lowest BCUT2D eigenvalue weighted by Gasteiger charge is -2.24. The number of hydrogen-bond acceptors (Lipinski definition) is 4. The number of anilines is 1. The molecule has 2 heterocycles. The van der Waals surface area contributed by atoms with Gasteiger partial charge in [-0.25, -0.2) is 4.98 Å². The van der Waals surface area contributed by atoms with Gasteiger partial charge in [-0.2, -0.15) is 22.0 Å². The molecule has 0 saturated carbocycles. The average Bonchev–Trinajstić information content (AvgIpc) is 3.21. The molecule has 168 valence electrons. The van der Waals surface area contributed by atoms with E-state index in [1.54, 1.807) is 0 Å². The van der Waals surface area contributed by atoms with Crippen LogP contribution in [0.15, 0.2) is 36.5 Å². The minimum atomic E-state index is -5.80. The molecule has 1 amide bonds. The highest BCUT2D eigenvalue weighted by Crippen LogP contribution is 2.47. The van der Waals surface area contributed by atoms with Gasteiger partial charge in [0.05, 0.1) is 11.1 Å². The Labute approximate surface area is 180 Å². The van der Waals surface area contributed by atoms with Gasteiger partial charge in [0, 0.05) is 24.5 Å². The first-order valence-corrected chi connectivity index (χ1v) is 9.83. The predicted molar refractivity (Wildman–Crippen MR) is 105 cm³/mol. The van der Waals surface area contributed by atoms with Gasteiger partial charge >= 0.3 is 12.1 Å². The maximum atomic E-state index is 14.0. The third-order valence-corrected chi connectivity index (χ3v) is 5.10. The lowest BCUT2D eigenvalue weighted by atomic mass is 10.1. The molecule has 5 nitrogen and oxygen atoms in total. The monoisotopic (exact) mass is 463 g/mol. The first-order chi connectivity index (χ1) is 14.6. The summed E-state index contributed by atoms with van der Waals surface area (Å²) in [6.07, 6.45) is -2.43. The van der Waals surface area contributed by atoms with E-state index >= 15 is 0 Å².